The van der Waals surface area contributed by atoms with Crippen molar-refractivity contribution < 1.29 is 14.2 Å². The first kappa shape index (κ1) is 17.6. The van der Waals surface area contributed by atoms with Gasteiger partial charge in [0, 0.05) is 24.7 Å². The quantitative estimate of drug-likeness (QED) is 0.648. The number of hydrogen-bond donors (Lipinski definition) is 2. The van der Waals surface area contributed by atoms with Gasteiger partial charge in [-0.1, -0.05) is 13.0 Å². The van der Waals surface area contributed by atoms with Crippen LogP contribution in [0.4, 0.5) is 0 Å². The minimum atomic E-state index is 0.384. The summed E-state index contributed by atoms with van der Waals surface area (Å²) in [5, 5.41) is 6.88. The van der Waals surface area contributed by atoms with E-state index in [1.54, 1.807) is 21.3 Å². The molecule has 120 valence electrons. The summed E-state index contributed by atoms with van der Waals surface area (Å²) in [4.78, 5) is 0. The maximum absolute atomic E-state index is 5.48. The number of ether oxygens (including phenoxy) is 3. The van der Waals surface area contributed by atoms with E-state index in [9.17, 15) is 0 Å². The number of rotatable bonds is 10. The standard InChI is InChI=1S/C16H28N2O3/c1-6-9-17-10-12(2)18-11-13-7-8-14(19-3)16(21-5)15(13)20-4/h7-8,12,17-18H,6,9-11H2,1-5H3. The Morgan fingerprint density at radius 1 is 1.05 bits per heavy atom. The summed E-state index contributed by atoms with van der Waals surface area (Å²) < 4.78 is 16.2. The lowest BCUT2D eigenvalue weighted by Crippen LogP contribution is -2.36. The Labute approximate surface area is 128 Å². The van der Waals surface area contributed by atoms with Crippen LogP contribution in [0.5, 0.6) is 17.2 Å². The van der Waals surface area contributed by atoms with E-state index in [1.165, 1.54) is 0 Å². The van der Waals surface area contributed by atoms with Gasteiger partial charge in [0.05, 0.1) is 21.3 Å². The van der Waals surface area contributed by atoms with Crippen molar-refractivity contribution >= 4 is 0 Å². The fourth-order valence-electron chi connectivity index (χ4n) is 2.15. The number of nitrogens with one attached hydrogen (secondary N) is 2. The zero-order valence-corrected chi connectivity index (χ0v) is 13.8. The summed E-state index contributed by atoms with van der Waals surface area (Å²) in [6.07, 6.45) is 1.15. The summed E-state index contributed by atoms with van der Waals surface area (Å²) in [6, 6.07) is 4.28. The van der Waals surface area contributed by atoms with Crippen LogP contribution in [0.2, 0.25) is 0 Å². The van der Waals surface area contributed by atoms with Gasteiger partial charge >= 0.3 is 0 Å². The fraction of sp³-hybridized carbons (Fsp3) is 0.625. The van der Waals surface area contributed by atoms with Crippen LogP contribution in [0.3, 0.4) is 0 Å². The van der Waals surface area contributed by atoms with Gasteiger partial charge in [0.25, 0.3) is 0 Å². The van der Waals surface area contributed by atoms with E-state index >= 15 is 0 Å². The molecule has 0 aliphatic rings. The van der Waals surface area contributed by atoms with Crippen molar-refractivity contribution in [3.8, 4) is 17.2 Å². The third kappa shape index (κ3) is 5.10. The molecule has 0 aromatic heterocycles. The molecule has 0 bridgehead atoms. The lowest BCUT2D eigenvalue weighted by atomic mass is 10.1. The molecule has 0 aliphatic heterocycles. The normalized spacial score (nSPS) is 12.0. The minimum absolute atomic E-state index is 0.384. The number of hydrogen-bond acceptors (Lipinski definition) is 5. The van der Waals surface area contributed by atoms with E-state index in [4.69, 9.17) is 14.2 Å². The highest BCUT2D eigenvalue weighted by Crippen LogP contribution is 2.39. The summed E-state index contributed by atoms with van der Waals surface area (Å²) >= 11 is 0. The van der Waals surface area contributed by atoms with Crippen molar-refractivity contribution in [2.75, 3.05) is 34.4 Å². The minimum Gasteiger partial charge on any atom is -0.493 e. The monoisotopic (exact) mass is 296 g/mol. The van der Waals surface area contributed by atoms with E-state index in [2.05, 4.69) is 24.5 Å². The maximum atomic E-state index is 5.48. The van der Waals surface area contributed by atoms with E-state index in [1.807, 2.05) is 12.1 Å². The number of benzene rings is 1. The van der Waals surface area contributed by atoms with Crippen LogP contribution in [0.25, 0.3) is 0 Å². The highest BCUT2D eigenvalue weighted by atomic mass is 16.5. The third-order valence-electron chi connectivity index (χ3n) is 3.30. The Morgan fingerprint density at radius 2 is 1.76 bits per heavy atom. The van der Waals surface area contributed by atoms with Crippen molar-refractivity contribution in [2.24, 2.45) is 0 Å². The summed E-state index contributed by atoms with van der Waals surface area (Å²) in [5.74, 6) is 2.03. The molecule has 0 fully saturated rings. The third-order valence-corrected chi connectivity index (χ3v) is 3.30. The molecule has 0 amide bonds. The zero-order chi connectivity index (χ0) is 15.7. The first-order valence-electron chi connectivity index (χ1n) is 7.39. The predicted octanol–water partition coefficient (Wildman–Crippen LogP) is 2.19. The van der Waals surface area contributed by atoms with Gasteiger partial charge in [0.15, 0.2) is 11.5 Å². The van der Waals surface area contributed by atoms with Gasteiger partial charge in [0.1, 0.15) is 0 Å². The van der Waals surface area contributed by atoms with Gasteiger partial charge in [-0.05, 0) is 26.0 Å². The largest absolute Gasteiger partial charge is 0.493 e. The van der Waals surface area contributed by atoms with Gasteiger partial charge in [-0.2, -0.15) is 0 Å². The summed E-state index contributed by atoms with van der Waals surface area (Å²) in [5.41, 5.74) is 1.05. The maximum Gasteiger partial charge on any atom is 0.203 e. The second-order valence-electron chi connectivity index (χ2n) is 4.98. The molecule has 1 aromatic rings. The van der Waals surface area contributed by atoms with E-state index in [0.29, 0.717) is 17.5 Å². The summed E-state index contributed by atoms with van der Waals surface area (Å²) in [7, 11) is 4.89. The highest BCUT2D eigenvalue weighted by Gasteiger charge is 2.15. The Bertz CT molecular complexity index is 424. The molecule has 0 aliphatic carbocycles. The van der Waals surface area contributed by atoms with Gasteiger partial charge in [-0.25, -0.2) is 0 Å². The second kappa shape index (κ2) is 9.47. The molecule has 1 atom stereocenters. The number of methoxy groups -OCH3 is 3. The Morgan fingerprint density at radius 3 is 2.33 bits per heavy atom. The average Bonchev–Trinajstić information content (AvgIpc) is 2.51. The molecule has 1 rings (SSSR count). The van der Waals surface area contributed by atoms with Gasteiger partial charge in [-0.15, -0.1) is 0 Å². The van der Waals surface area contributed by atoms with Crippen LogP contribution >= 0.6 is 0 Å². The first-order chi connectivity index (χ1) is 10.2. The van der Waals surface area contributed by atoms with Gasteiger partial charge in [-0.3, -0.25) is 0 Å². The zero-order valence-electron chi connectivity index (χ0n) is 13.8. The molecule has 0 radical (unpaired) electrons. The molecule has 1 unspecified atom stereocenters. The topological polar surface area (TPSA) is 51.8 Å². The molecule has 2 N–H and O–H groups in total. The van der Waals surface area contributed by atoms with Crippen LogP contribution in [0.1, 0.15) is 25.8 Å². The van der Waals surface area contributed by atoms with Crippen LogP contribution in [0.15, 0.2) is 12.1 Å². The molecule has 0 saturated carbocycles. The molecular formula is C16H28N2O3. The molecule has 0 saturated heterocycles. The molecule has 0 heterocycles. The Kier molecular flexibility index (Phi) is 7.93. The smallest absolute Gasteiger partial charge is 0.203 e. The molecular weight excluding hydrogens is 268 g/mol. The molecule has 5 heteroatoms. The van der Waals surface area contributed by atoms with Crippen molar-refractivity contribution in [1.29, 1.82) is 0 Å². The first-order valence-corrected chi connectivity index (χ1v) is 7.39. The SMILES string of the molecule is CCCNCC(C)NCc1ccc(OC)c(OC)c1OC. The predicted molar refractivity (Wildman–Crippen MR) is 85.6 cm³/mol. The fourth-order valence-corrected chi connectivity index (χ4v) is 2.15. The lowest BCUT2D eigenvalue weighted by Gasteiger charge is -2.18. The van der Waals surface area contributed by atoms with E-state index < -0.39 is 0 Å². The Hall–Kier alpha value is -1.46. The van der Waals surface area contributed by atoms with Crippen LogP contribution in [-0.2, 0) is 6.54 Å². The van der Waals surface area contributed by atoms with Crippen LogP contribution < -0.4 is 24.8 Å². The van der Waals surface area contributed by atoms with Crippen molar-refractivity contribution in [3.63, 3.8) is 0 Å². The van der Waals surface area contributed by atoms with E-state index in [0.717, 1.165) is 37.4 Å². The molecule has 21 heavy (non-hydrogen) atoms. The highest BCUT2D eigenvalue weighted by molar-refractivity contribution is 5.55. The van der Waals surface area contributed by atoms with Crippen molar-refractivity contribution in [2.45, 2.75) is 32.9 Å². The molecule has 1 aromatic carbocycles. The van der Waals surface area contributed by atoms with E-state index in [-0.39, 0.29) is 0 Å². The average molecular weight is 296 g/mol. The molecule has 0 spiro atoms. The molecule has 5 nitrogen and oxygen atoms in total. The van der Waals surface area contributed by atoms with Gasteiger partial charge in [0.2, 0.25) is 5.75 Å². The summed E-state index contributed by atoms with van der Waals surface area (Å²) in [6.45, 7) is 7.04. The second-order valence-corrected chi connectivity index (χ2v) is 4.98. The van der Waals surface area contributed by atoms with Crippen LogP contribution in [0, 0.1) is 0 Å². The van der Waals surface area contributed by atoms with Gasteiger partial charge < -0.3 is 24.8 Å². The van der Waals surface area contributed by atoms with Crippen LogP contribution in [-0.4, -0.2) is 40.5 Å². The van der Waals surface area contributed by atoms with Crippen molar-refractivity contribution in [3.05, 3.63) is 17.7 Å². The lowest BCUT2D eigenvalue weighted by molar-refractivity contribution is 0.321. The van der Waals surface area contributed by atoms with Crippen molar-refractivity contribution in [1.82, 2.24) is 10.6 Å². The Balaban J connectivity index is 2.70.